The molecule has 2 fully saturated rings. The van der Waals surface area contributed by atoms with Crippen molar-refractivity contribution in [3.63, 3.8) is 0 Å². The molecule has 4 rings (SSSR count). The number of anilines is 1. The van der Waals surface area contributed by atoms with Gasteiger partial charge in [-0.1, -0.05) is 12.1 Å². The Kier molecular flexibility index (Phi) is 5.58. The van der Waals surface area contributed by atoms with Gasteiger partial charge in [0.05, 0.1) is 0 Å². The second-order valence-electron chi connectivity index (χ2n) is 8.28. The fraction of sp³-hybridized carbons (Fsp3) is 0.348. The highest BCUT2D eigenvalue weighted by Crippen LogP contribution is 2.31. The number of halogens is 2. The Hall–Kier alpha value is -3.49. The number of rotatable bonds is 4. The predicted molar refractivity (Wildman–Crippen MR) is 114 cm³/mol. The van der Waals surface area contributed by atoms with E-state index < -0.39 is 35.7 Å². The second kappa shape index (κ2) is 8.22. The van der Waals surface area contributed by atoms with E-state index in [1.807, 2.05) is 25.1 Å². The van der Waals surface area contributed by atoms with Gasteiger partial charge in [0.25, 0.3) is 5.91 Å². The maximum Gasteiger partial charge on any atom is 0.325 e. The number of hydrogen-bond donors (Lipinski definition) is 1. The van der Waals surface area contributed by atoms with Crippen LogP contribution in [0.1, 0.15) is 18.1 Å². The van der Waals surface area contributed by atoms with Gasteiger partial charge in [0.1, 0.15) is 23.7 Å². The first kappa shape index (κ1) is 21.7. The smallest absolute Gasteiger partial charge is 0.325 e. The molecule has 2 aromatic rings. The van der Waals surface area contributed by atoms with E-state index in [0.29, 0.717) is 26.2 Å². The van der Waals surface area contributed by atoms with Crippen LogP contribution < -0.4 is 10.2 Å². The molecule has 1 unspecified atom stereocenters. The monoisotopic (exact) mass is 442 g/mol. The van der Waals surface area contributed by atoms with Crippen LogP contribution in [0.4, 0.5) is 19.3 Å². The number of piperazine rings is 1. The summed E-state index contributed by atoms with van der Waals surface area (Å²) < 4.78 is 27.9. The van der Waals surface area contributed by atoms with Crippen molar-refractivity contribution >= 4 is 23.5 Å². The molecule has 2 aromatic carbocycles. The Balaban J connectivity index is 1.42. The SMILES string of the molecule is Cc1cccc(N2CCN(C(=O)CN3C(=O)NC(C)(c4cc(F)ccc4F)C3=O)CC2)c1. The number of nitrogens with one attached hydrogen (secondary N) is 1. The van der Waals surface area contributed by atoms with Crippen LogP contribution in [0.3, 0.4) is 0 Å². The molecule has 0 bridgehead atoms. The van der Waals surface area contributed by atoms with E-state index in [2.05, 4.69) is 16.3 Å². The van der Waals surface area contributed by atoms with Crippen LogP contribution >= 0.6 is 0 Å². The van der Waals surface area contributed by atoms with E-state index in [1.54, 1.807) is 4.90 Å². The molecular formula is C23H24F2N4O3. The minimum Gasteiger partial charge on any atom is -0.368 e. The lowest BCUT2D eigenvalue weighted by Gasteiger charge is -2.36. The molecule has 2 aliphatic heterocycles. The lowest BCUT2D eigenvalue weighted by Crippen LogP contribution is -2.52. The molecule has 2 saturated heterocycles. The summed E-state index contributed by atoms with van der Waals surface area (Å²) in [4.78, 5) is 42.8. The van der Waals surface area contributed by atoms with Crippen LogP contribution in [-0.4, -0.2) is 60.4 Å². The summed E-state index contributed by atoms with van der Waals surface area (Å²) in [5, 5.41) is 2.41. The number of carbonyl (C=O) groups is 3. The third kappa shape index (κ3) is 3.90. The molecule has 0 aromatic heterocycles. The molecule has 32 heavy (non-hydrogen) atoms. The van der Waals surface area contributed by atoms with Gasteiger partial charge in [-0.05, 0) is 49.7 Å². The van der Waals surface area contributed by atoms with Crippen molar-refractivity contribution in [3.8, 4) is 0 Å². The van der Waals surface area contributed by atoms with Crippen molar-refractivity contribution in [2.45, 2.75) is 19.4 Å². The molecule has 0 aliphatic carbocycles. The molecule has 2 aliphatic rings. The maximum absolute atomic E-state index is 14.3. The Bertz CT molecular complexity index is 1080. The molecule has 2 heterocycles. The van der Waals surface area contributed by atoms with Gasteiger partial charge in [-0.2, -0.15) is 0 Å². The van der Waals surface area contributed by atoms with Crippen molar-refractivity contribution in [2.24, 2.45) is 0 Å². The molecule has 1 N–H and O–H groups in total. The summed E-state index contributed by atoms with van der Waals surface area (Å²) >= 11 is 0. The zero-order valence-electron chi connectivity index (χ0n) is 17.9. The molecule has 1 atom stereocenters. The average molecular weight is 442 g/mol. The average Bonchev–Trinajstić information content (AvgIpc) is 2.99. The molecule has 0 saturated carbocycles. The van der Waals surface area contributed by atoms with Crippen molar-refractivity contribution < 1.29 is 23.2 Å². The van der Waals surface area contributed by atoms with Crippen LogP contribution in [0.15, 0.2) is 42.5 Å². The molecule has 0 radical (unpaired) electrons. The number of aryl methyl sites for hydroxylation is 1. The summed E-state index contributed by atoms with van der Waals surface area (Å²) in [7, 11) is 0. The normalized spacial score (nSPS) is 21.2. The van der Waals surface area contributed by atoms with E-state index in [0.717, 1.165) is 34.3 Å². The molecule has 4 amide bonds. The lowest BCUT2D eigenvalue weighted by atomic mass is 9.91. The van der Waals surface area contributed by atoms with Gasteiger partial charge >= 0.3 is 6.03 Å². The van der Waals surface area contributed by atoms with Crippen molar-refractivity contribution in [3.05, 3.63) is 65.2 Å². The van der Waals surface area contributed by atoms with E-state index in [1.165, 1.54) is 6.92 Å². The van der Waals surface area contributed by atoms with Gasteiger partial charge in [-0.15, -0.1) is 0 Å². The van der Waals surface area contributed by atoms with Crippen molar-refractivity contribution in [2.75, 3.05) is 37.6 Å². The number of imide groups is 1. The minimum absolute atomic E-state index is 0.280. The van der Waals surface area contributed by atoms with Crippen LogP contribution in [-0.2, 0) is 15.1 Å². The predicted octanol–water partition coefficient (Wildman–Crippen LogP) is 2.39. The molecule has 9 heteroatoms. The van der Waals surface area contributed by atoms with Crippen molar-refractivity contribution in [1.29, 1.82) is 0 Å². The fourth-order valence-corrected chi connectivity index (χ4v) is 4.18. The Morgan fingerprint density at radius 2 is 1.78 bits per heavy atom. The number of urea groups is 1. The first-order valence-electron chi connectivity index (χ1n) is 10.4. The standard InChI is InChI=1S/C23H24F2N4O3/c1-15-4-3-5-17(12-15)27-8-10-28(11-9-27)20(30)14-29-21(31)23(2,26-22(29)32)18-13-16(24)6-7-19(18)25/h3-7,12-13H,8-11,14H2,1-2H3,(H,26,32). The Morgan fingerprint density at radius 1 is 1.06 bits per heavy atom. The van der Waals surface area contributed by atoms with Crippen LogP contribution in [0.5, 0.6) is 0 Å². The summed E-state index contributed by atoms with van der Waals surface area (Å²) in [6.45, 7) is 5.02. The zero-order chi connectivity index (χ0) is 23.0. The molecule has 168 valence electrons. The number of benzene rings is 2. The summed E-state index contributed by atoms with van der Waals surface area (Å²) in [6, 6.07) is 10.00. The number of carbonyl (C=O) groups excluding carboxylic acids is 3. The number of amides is 4. The third-order valence-corrected chi connectivity index (χ3v) is 6.03. The quantitative estimate of drug-likeness (QED) is 0.738. The molecular weight excluding hydrogens is 418 g/mol. The highest BCUT2D eigenvalue weighted by Gasteiger charge is 2.51. The lowest BCUT2D eigenvalue weighted by molar-refractivity contribution is -0.139. The van der Waals surface area contributed by atoms with Gasteiger partial charge in [-0.25, -0.2) is 13.6 Å². The summed E-state index contributed by atoms with van der Waals surface area (Å²) in [6.07, 6.45) is 0. The first-order valence-corrected chi connectivity index (χ1v) is 10.4. The first-order chi connectivity index (χ1) is 15.2. The second-order valence-corrected chi connectivity index (χ2v) is 8.28. The largest absolute Gasteiger partial charge is 0.368 e. The van der Waals surface area contributed by atoms with Gasteiger partial charge in [0, 0.05) is 37.4 Å². The van der Waals surface area contributed by atoms with Gasteiger partial charge in [0.15, 0.2) is 0 Å². The van der Waals surface area contributed by atoms with Gasteiger partial charge < -0.3 is 15.1 Å². The van der Waals surface area contributed by atoms with Gasteiger partial charge in [0.2, 0.25) is 5.91 Å². The Labute approximate surface area is 184 Å². The van der Waals surface area contributed by atoms with E-state index in [-0.39, 0.29) is 11.5 Å². The summed E-state index contributed by atoms with van der Waals surface area (Å²) in [5.41, 5.74) is 0.168. The highest BCUT2D eigenvalue weighted by molar-refractivity contribution is 6.09. The number of hydrogen-bond acceptors (Lipinski definition) is 4. The van der Waals surface area contributed by atoms with Crippen LogP contribution in [0, 0.1) is 18.6 Å². The summed E-state index contributed by atoms with van der Waals surface area (Å²) in [5.74, 6) is -2.71. The zero-order valence-corrected chi connectivity index (χ0v) is 17.9. The Morgan fingerprint density at radius 3 is 2.47 bits per heavy atom. The topological polar surface area (TPSA) is 73.0 Å². The third-order valence-electron chi connectivity index (χ3n) is 6.03. The highest BCUT2D eigenvalue weighted by atomic mass is 19.1. The number of nitrogens with zero attached hydrogens (tertiary/aromatic N) is 3. The van der Waals surface area contributed by atoms with Crippen LogP contribution in [0.25, 0.3) is 0 Å². The maximum atomic E-state index is 14.3. The molecule has 0 spiro atoms. The molecule has 7 nitrogen and oxygen atoms in total. The van der Waals surface area contributed by atoms with Gasteiger partial charge in [-0.3, -0.25) is 14.5 Å². The fourth-order valence-electron chi connectivity index (χ4n) is 4.18. The van der Waals surface area contributed by atoms with E-state index in [9.17, 15) is 23.2 Å². The van der Waals surface area contributed by atoms with E-state index >= 15 is 0 Å². The van der Waals surface area contributed by atoms with E-state index in [4.69, 9.17) is 0 Å². The minimum atomic E-state index is -1.78. The van der Waals surface area contributed by atoms with Crippen LogP contribution in [0.2, 0.25) is 0 Å². The van der Waals surface area contributed by atoms with Crippen molar-refractivity contribution in [1.82, 2.24) is 15.1 Å².